The monoisotopic (exact) mass is 731 g/mol. The number of nitrogens with zero attached hydrogens (tertiary/aromatic N) is 2. The second kappa shape index (κ2) is 16.0. The van der Waals surface area contributed by atoms with E-state index in [0.29, 0.717) is 0 Å². The van der Waals surface area contributed by atoms with Crippen molar-refractivity contribution >= 4 is 41.7 Å². The van der Waals surface area contributed by atoms with Crippen molar-refractivity contribution in [1.82, 2.24) is 0 Å². The summed E-state index contributed by atoms with van der Waals surface area (Å²) in [7, 11) is 3.66. The van der Waals surface area contributed by atoms with Gasteiger partial charge in [-0.05, 0) is 64.2 Å². The van der Waals surface area contributed by atoms with E-state index in [9.17, 15) is 0 Å². The van der Waals surface area contributed by atoms with Gasteiger partial charge in [0.2, 0.25) is 11.4 Å². The van der Waals surface area contributed by atoms with Crippen molar-refractivity contribution < 1.29 is 55.3 Å². The Hall–Kier alpha value is -4.05. The standard InChI is InChI=1S/C33H31N3.Mo.H3O4P.H2O.3O/c1-35(2)27-18-14-24(15-19-27)33(25-16-20-28(21-17-25)36(3)4)31-22-23-32(30-13-9-8-12-29(30)31)34-26-10-6-5-7-11-26;;1-5(2,3)4;;;;/h5-23H,1-4H3;;(H3,1,2,3,4);1H2;;;/q;+1;;;;;-1. The Morgan fingerprint density at radius 3 is 1.48 bits per heavy atom. The summed E-state index contributed by atoms with van der Waals surface area (Å²) in [5.41, 5.74) is 11.8. The van der Waals surface area contributed by atoms with E-state index in [1.807, 2.05) is 6.07 Å². The minimum absolute atomic E-state index is 1.08. The van der Waals surface area contributed by atoms with Gasteiger partial charge in [-0.15, -0.1) is 0 Å². The number of phosphoric acid groups is 1. The molecule has 0 radical (unpaired) electrons. The molecular formula is C33H36MoN3O8P. The van der Waals surface area contributed by atoms with Crippen molar-refractivity contribution in [3.63, 3.8) is 0 Å². The first kappa shape index (κ1) is 36.4. The quantitative estimate of drug-likeness (QED) is 0.152. The number of nitrogens with one attached hydrogen (secondary N) is 1. The van der Waals surface area contributed by atoms with Gasteiger partial charge < -0.3 is 24.5 Å². The molecule has 0 aliphatic heterocycles. The summed E-state index contributed by atoms with van der Waals surface area (Å²) < 4.78 is 42.1. The molecule has 11 nitrogen and oxygen atoms in total. The van der Waals surface area contributed by atoms with Gasteiger partial charge in [-0.2, -0.15) is 0 Å². The summed E-state index contributed by atoms with van der Waals surface area (Å²) in [6.45, 7) is 0. The summed E-state index contributed by atoms with van der Waals surface area (Å²) in [6.07, 6.45) is 4.45. The SMILES string of the molecule is CN(C)c1ccc(C(=C2C=CC(=[NH+]c3ccccc3)c3ccccc32)c2ccc(N(C)C)cc2)cc1.O=P(O)(O)O.[O]=[Mo](=[O])([O-])[OH]. The summed E-state index contributed by atoms with van der Waals surface area (Å²) in [5.74, 6) is 0. The predicted molar refractivity (Wildman–Crippen MR) is 172 cm³/mol. The maximum absolute atomic E-state index is 8.88. The third-order valence-electron chi connectivity index (χ3n) is 6.59. The molecule has 0 unspecified atom stereocenters. The van der Waals surface area contributed by atoms with E-state index in [2.05, 4.69) is 152 Å². The molecule has 0 fully saturated rings. The molecule has 0 aromatic heterocycles. The number of para-hydroxylation sites is 1. The predicted octanol–water partition coefficient (Wildman–Crippen LogP) is 2.63. The number of allylic oxidation sites excluding steroid dienone is 3. The molecule has 242 valence electrons. The van der Waals surface area contributed by atoms with Crippen LogP contribution in [0.3, 0.4) is 0 Å². The first-order chi connectivity index (χ1) is 21.5. The van der Waals surface area contributed by atoms with Crippen molar-refractivity contribution in [2.24, 2.45) is 0 Å². The number of benzene rings is 4. The van der Waals surface area contributed by atoms with Crippen LogP contribution in [0.4, 0.5) is 17.1 Å². The molecule has 0 spiro atoms. The first-order valence-electron chi connectivity index (χ1n) is 13.7. The van der Waals surface area contributed by atoms with Crippen LogP contribution in [0.2, 0.25) is 0 Å². The third-order valence-corrected chi connectivity index (χ3v) is 6.59. The molecule has 5 rings (SSSR count). The molecule has 1 aliphatic carbocycles. The Morgan fingerprint density at radius 1 is 0.674 bits per heavy atom. The summed E-state index contributed by atoms with van der Waals surface area (Å²) in [4.78, 5) is 29.4. The Balaban J connectivity index is 0.000000503. The number of rotatable bonds is 5. The zero-order valence-corrected chi connectivity index (χ0v) is 28.5. The van der Waals surface area contributed by atoms with Gasteiger partial charge in [0.1, 0.15) is 0 Å². The molecule has 4 aromatic carbocycles. The molecule has 0 bridgehead atoms. The third kappa shape index (κ3) is 11.7. The summed E-state index contributed by atoms with van der Waals surface area (Å²) >= 11 is -5.77. The summed E-state index contributed by atoms with van der Waals surface area (Å²) in [6, 6.07) is 36.7. The fourth-order valence-corrected chi connectivity index (χ4v) is 4.63. The Bertz CT molecular complexity index is 1800. The van der Waals surface area contributed by atoms with Gasteiger partial charge >= 0.3 is 38.9 Å². The van der Waals surface area contributed by atoms with Gasteiger partial charge in [0, 0.05) is 57.8 Å². The number of hydrogen-bond acceptors (Lipinski definition) is 6. The molecule has 0 amide bonds. The average molecular weight is 730 g/mol. The van der Waals surface area contributed by atoms with Crippen LogP contribution in [0.15, 0.2) is 115 Å². The van der Waals surface area contributed by atoms with Crippen LogP contribution in [0.25, 0.3) is 11.1 Å². The first-order valence-corrected chi connectivity index (χ1v) is 18.7. The van der Waals surface area contributed by atoms with Gasteiger partial charge in [-0.25, -0.2) is 9.56 Å². The summed E-state index contributed by atoms with van der Waals surface area (Å²) in [5, 5.41) is 0. The Kier molecular flexibility index (Phi) is 12.7. The molecule has 4 aromatic rings. The molecule has 0 saturated heterocycles. The molecule has 0 atom stereocenters. The van der Waals surface area contributed by atoms with Crippen molar-refractivity contribution in [2.45, 2.75) is 0 Å². The number of fused-ring (bicyclic) bond motifs is 1. The van der Waals surface area contributed by atoms with E-state index < -0.39 is 24.6 Å². The van der Waals surface area contributed by atoms with E-state index in [1.165, 1.54) is 44.8 Å². The number of anilines is 2. The molecule has 13 heteroatoms. The van der Waals surface area contributed by atoms with Crippen LogP contribution in [0.5, 0.6) is 0 Å². The van der Waals surface area contributed by atoms with Gasteiger partial charge in [0.05, 0.1) is 5.56 Å². The van der Waals surface area contributed by atoms with E-state index in [-0.39, 0.29) is 0 Å². The number of hydrogen-bond donors (Lipinski definition) is 5. The molecule has 0 saturated carbocycles. The van der Waals surface area contributed by atoms with Crippen molar-refractivity contribution in [3.8, 4) is 0 Å². The molecule has 5 N–H and O–H groups in total. The average Bonchev–Trinajstić information content (AvgIpc) is 2.98. The van der Waals surface area contributed by atoms with Gasteiger partial charge in [0.25, 0.3) is 0 Å². The van der Waals surface area contributed by atoms with Crippen LogP contribution in [0, 0.1) is 0 Å². The molecule has 46 heavy (non-hydrogen) atoms. The van der Waals surface area contributed by atoms with Gasteiger partial charge in [-0.1, -0.05) is 60.7 Å². The second-order valence-electron chi connectivity index (χ2n) is 10.4. The topological polar surface area (TPSA) is 176 Å². The molecule has 1 aliphatic rings. The zero-order chi connectivity index (χ0) is 34.1. The normalized spacial score (nSPS) is 13.1. The van der Waals surface area contributed by atoms with Crippen LogP contribution >= 0.6 is 7.82 Å². The zero-order valence-electron chi connectivity index (χ0n) is 25.6. The van der Waals surface area contributed by atoms with E-state index in [4.69, 9.17) is 33.6 Å². The van der Waals surface area contributed by atoms with Crippen molar-refractivity contribution in [1.29, 1.82) is 0 Å². The fourth-order valence-electron chi connectivity index (χ4n) is 4.63. The van der Waals surface area contributed by atoms with Crippen molar-refractivity contribution in [2.75, 3.05) is 38.0 Å². The van der Waals surface area contributed by atoms with E-state index in [0.717, 1.165) is 11.4 Å². The minimum atomic E-state index is -5.77. The molecular weight excluding hydrogens is 693 g/mol. The fraction of sp³-hybridized carbons (Fsp3) is 0.121. The second-order valence-corrected chi connectivity index (χ2v) is 13.5. The van der Waals surface area contributed by atoms with E-state index >= 15 is 0 Å². The maximum atomic E-state index is 8.88. The van der Waals surface area contributed by atoms with Crippen molar-refractivity contribution in [3.05, 3.63) is 138 Å². The van der Waals surface area contributed by atoms with Crippen LogP contribution in [-0.2, 0) is 28.1 Å². The van der Waals surface area contributed by atoms with E-state index in [1.54, 1.807) is 0 Å². The van der Waals surface area contributed by atoms with Crippen LogP contribution < -0.4 is 18.6 Å². The molecule has 0 heterocycles. The van der Waals surface area contributed by atoms with Gasteiger partial charge in [0.15, 0.2) is 0 Å². The Labute approximate surface area is 271 Å². The Morgan fingerprint density at radius 2 is 1.07 bits per heavy atom. The van der Waals surface area contributed by atoms with Gasteiger partial charge in [-0.3, -0.25) is 0 Å². The van der Waals surface area contributed by atoms with Crippen LogP contribution in [-0.4, -0.2) is 52.3 Å². The van der Waals surface area contributed by atoms with Crippen LogP contribution in [0.1, 0.15) is 22.3 Å².